The summed E-state index contributed by atoms with van der Waals surface area (Å²) in [6.45, 7) is 14.6. The fraction of sp³-hybridized carbons (Fsp3) is 0.571. The van der Waals surface area contributed by atoms with Gasteiger partial charge in [0.1, 0.15) is 32.1 Å². The lowest BCUT2D eigenvalue weighted by atomic mass is 10.1. The molecule has 6 aliphatic heterocycles. The standard InChI is InChI=1S/C56H76Cl2N18O8S2/c57-41-44-48(84-46-38(64-44)18-20-40(50(46)86(80,81)82)66-56-71-53(61-23-15-35-75-29-9-3-10-30-75)68-54(72-56)62-24-16-36-76-31-11-4-12-32-76)42(58)43-47(41)83-45-37(63-43)17-19-39(49(45)85(77,78)79)65-55-69-51(59-21-13-33-73-25-5-1-6-26-73)67-52(70-55)60-22-14-34-74-27-7-2-8-28-74/h17-20H,1-16,21-36H2,(H,77,78,79)(H,80,81,82)(H3,59,60,65,67,69,70)(H3,61,62,66,68,71,72). The van der Waals surface area contributed by atoms with Crippen LogP contribution in [0.15, 0.2) is 44.0 Å². The van der Waals surface area contributed by atoms with Crippen molar-refractivity contribution < 1.29 is 35.4 Å². The second kappa shape index (κ2) is 28.4. The molecule has 0 atom stereocenters. The molecule has 30 heteroatoms. The Hall–Kier alpha value is -6.08. The molecule has 0 unspecified atom stereocenters. The molecule has 4 fully saturated rings. The first-order valence-electron chi connectivity index (χ1n) is 30.2. The van der Waals surface area contributed by atoms with Gasteiger partial charge in [-0.3, -0.25) is 9.11 Å². The van der Waals surface area contributed by atoms with Gasteiger partial charge >= 0.3 is 0 Å². The summed E-state index contributed by atoms with van der Waals surface area (Å²) in [6.07, 6.45) is 17.9. The van der Waals surface area contributed by atoms with Crippen LogP contribution in [-0.2, 0) is 20.2 Å². The zero-order valence-corrected chi connectivity index (χ0v) is 51.4. The summed E-state index contributed by atoms with van der Waals surface area (Å²) in [6, 6.07) is 5.59. The number of hydrogen-bond donors (Lipinski definition) is 8. The summed E-state index contributed by atoms with van der Waals surface area (Å²) >= 11 is 14.1. The lowest BCUT2D eigenvalue weighted by Gasteiger charge is -2.26. The molecule has 11 rings (SSSR count). The van der Waals surface area contributed by atoms with Crippen LogP contribution >= 0.6 is 23.2 Å². The van der Waals surface area contributed by atoms with Crippen molar-refractivity contribution in [2.45, 2.75) is 113 Å². The van der Waals surface area contributed by atoms with E-state index in [4.69, 9.17) is 32.7 Å². The van der Waals surface area contributed by atoms with Crippen LogP contribution in [0.1, 0.15) is 103 Å². The molecule has 0 amide bonds. The predicted octanol–water partition coefficient (Wildman–Crippen LogP) is 8.61. The first-order chi connectivity index (χ1) is 41.7. The number of rotatable bonds is 26. The van der Waals surface area contributed by atoms with E-state index in [0.717, 1.165) is 104 Å². The van der Waals surface area contributed by atoms with Crippen LogP contribution in [0.4, 0.5) is 58.4 Å². The Balaban J connectivity index is 0.853. The number of hydrogen-bond acceptors (Lipinski definition) is 24. The topological polar surface area (TPSA) is 314 Å². The summed E-state index contributed by atoms with van der Waals surface area (Å²) in [4.78, 5) is 45.3. The molecule has 3 aromatic carbocycles. The fourth-order valence-electron chi connectivity index (χ4n) is 11.8. The first kappa shape index (κ1) is 61.6. The van der Waals surface area contributed by atoms with Crippen LogP contribution in [0.25, 0.3) is 0 Å². The molecule has 6 aliphatic rings. The van der Waals surface area contributed by atoms with E-state index in [0.29, 0.717) is 26.2 Å². The number of fused-ring (bicyclic) bond motifs is 4. The molecule has 0 aliphatic carbocycles. The van der Waals surface area contributed by atoms with Gasteiger partial charge in [0.25, 0.3) is 20.2 Å². The highest BCUT2D eigenvalue weighted by Gasteiger charge is 2.35. The highest BCUT2D eigenvalue weighted by molar-refractivity contribution is 7.86. The Bertz CT molecular complexity index is 3270. The highest BCUT2D eigenvalue weighted by Crippen LogP contribution is 2.49. The summed E-state index contributed by atoms with van der Waals surface area (Å²) in [5.41, 5.74) is -0.482. The maximum Gasteiger partial charge on any atom is 0.300 e. The molecule has 2 aromatic heterocycles. The molecule has 8 heterocycles. The van der Waals surface area contributed by atoms with E-state index in [-0.39, 0.29) is 90.7 Å². The number of halogens is 2. The van der Waals surface area contributed by atoms with E-state index in [9.17, 15) is 25.9 Å². The minimum absolute atomic E-state index is 0.0259. The van der Waals surface area contributed by atoms with Crippen molar-refractivity contribution in [3.63, 3.8) is 0 Å². The third-order valence-corrected chi connectivity index (χ3v) is 18.7. The van der Waals surface area contributed by atoms with Gasteiger partial charge in [-0.05, 0) is 180 Å². The monoisotopic (exact) mass is 1260 g/mol. The normalized spacial score (nSPS) is 17.5. The highest BCUT2D eigenvalue weighted by atomic mass is 35.5. The predicted molar refractivity (Wildman–Crippen MR) is 331 cm³/mol. The third kappa shape index (κ3) is 15.6. The summed E-state index contributed by atoms with van der Waals surface area (Å²) in [5, 5.41) is 18.4. The third-order valence-electron chi connectivity index (χ3n) is 16.1. The van der Waals surface area contributed by atoms with Crippen molar-refractivity contribution >= 4 is 102 Å². The molecule has 8 N–H and O–H groups in total. The maximum absolute atomic E-state index is 13.5. The number of anilines is 8. The quantitative estimate of drug-likeness (QED) is 0.0186. The van der Waals surface area contributed by atoms with Gasteiger partial charge in [-0.1, -0.05) is 48.9 Å². The van der Waals surface area contributed by atoms with Crippen molar-refractivity contribution in [3.05, 3.63) is 45.0 Å². The number of piperidine rings is 4. The average molecular weight is 1260 g/mol. The van der Waals surface area contributed by atoms with E-state index in [1.165, 1.54) is 101 Å². The SMILES string of the molecule is O=S(=O)(O)c1c(Nc2nc(NCCCN3CCCCC3)nc(NCCCN3CCCCC3)n2)ccc2c1Oc1c(Cl)c3c(c(Cl)c1=N2)Oc1c(ccc(Nc2nc(NCCCN4CCCCC4)nc(NCCCN4CCCCC4)n2)c1S(=O)(=O)O)N=3. The Kier molecular flexibility index (Phi) is 20.3. The number of ether oxygens (including phenoxy) is 2. The Labute approximate surface area is 511 Å². The number of aromatic nitrogens is 6. The van der Waals surface area contributed by atoms with Gasteiger partial charge in [-0.25, -0.2) is 9.98 Å². The van der Waals surface area contributed by atoms with E-state index >= 15 is 0 Å². The molecule has 0 bridgehead atoms. The molecular formula is C56H76Cl2N18O8S2. The van der Waals surface area contributed by atoms with Crippen LogP contribution < -0.4 is 52.1 Å². The number of nitrogens with zero attached hydrogens (tertiary/aromatic N) is 12. The van der Waals surface area contributed by atoms with Crippen LogP contribution in [0.5, 0.6) is 23.0 Å². The lowest BCUT2D eigenvalue weighted by Crippen LogP contribution is -2.31. The molecular weight excluding hydrogens is 1190 g/mol. The zero-order valence-electron chi connectivity index (χ0n) is 48.2. The lowest BCUT2D eigenvalue weighted by molar-refractivity contribution is 0.228. The van der Waals surface area contributed by atoms with Crippen molar-refractivity contribution in [2.24, 2.45) is 9.98 Å². The molecule has 5 aromatic rings. The van der Waals surface area contributed by atoms with Gasteiger partial charge in [0, 0.05) is 26.2 Å². The van der Waals surface area contributed by atoms with Gasteiger partial charge in [0.2, 0.25) is 35.7 Å². The van der Waals surface area contributed by atoms with Crippen molar-refractivity contribution in [1.29, 1.82) is 0 Å². The second-order valence-electron chi connectivity index (χ2n) is 22.5. The minimum atomic E-state index is -5.12. The van der Waals surface area contributed by atoms with Crippen LogP contribution in [-0.4, -0.2) is 180 Å². The summed E-state index contributed by atoms with van der Waals surface area (Å²) in [7, 11) is -10.2. The molecule has 86 heavy (non-hydrogen) atoms. The van der Waals surface area contributed by atoms with Gasteiger partial charge < -0.3 is 61.0 Å². The summed E-state index contributed by atoms with van der Waals surface area (Å²) < 4.78 is 88.4. The van der Waals surface area contributed by atoms with Crippen LogP contribution in [0, 0.1) is 0 Å². The van der Waals surface area contributed by atoms with Gasteiger partial charge in [0.15, 0.2) is 32.8 Å². The molecule has 0 spiro atoms. The molecule has 464 valence electrons. The smallest absolute Gasteiger partial charge is 0.300 e. The van der Waals surface area contributed by atoms with Crippen molar-refractivity contribution in [2.75, 3.05) is 137 Å². The molecule has 4 saturated heterocycles. The Morgan fingerprint density at radius 1 is 0.407 bits per heavy atom. The number of likely N-dealkylation sites (tertiary alicyclic amines) is 4. The molecule has 0 radical (unpaired) electrons. The Morgan fingerprint density at radius 2 is 0.686 bits per heavy atom. The second-order valence-corrected chi connectivity index (χ2v) is 26.0. The van der Waals surface area contributed by atoms with E-state index in [1.807, 2.05) is 0 Å². The number of nitrogens with one attached hydrogen (secondary N) is 6. The van der Waals surface area contributed by atoms with Crippen molar-refractivity contribution in [3.8, 4) is 23.0 Å². The van der Waals surface area contributed by atoms with Gasteiger partial charge in [0.05, 0.1) is 11.4 Å². The zero-order chi connectivity index (χ0) is 59.6. The minimum Gasteiger partial charge on any atom is -0.450 e. The molecule has 0 saturated carbocycles. The van der Waals surface area contributed by atoms with E-state index in [2.05, 4.69) is 91.4 Å². The largest absolute Gasteiger partial charge is 0.450 e. The van der Waals surface area contributed by atoms with Crippen molar-refractivity contribution in [1.82, 2.24) is 49.5 Å². The van der Waals surface area contributed by atoms with Crippen LogP contribution in [0.2, 0.25) is 10.0 Å². The fourth-order valence-corrected chi connectivity index (χ4v) is 13.9. The van der Waals surface area contributed by atoms with Gasteiger partial charge in [-0.15, -0.1) is 0 Å². The Morgan fingerprint density at radius 3 is 0.965 bits per heavy atom. The summed E-state index contributed by atoms with van der Waals surface area (Å²) in [5.74, 6) is -0.323. The average Bonchev–Trinajstić information content (AvgIpc) is 1.02. The van der Waals surface area contributed by atoms with E-state index in [1.54, 1.807) is 0 Å². The number of benzene rings is 3. The maximum atomic E-state index is 13.5. The molecule has 26 nitrogen and oxygen atoms in total. The van der Waals surface area contributed by atoms with E-state index < -0.39 is 41.5 Å². The van der Waals surface area contributed by atoms with Crippen LogP contribution in [0.3, 0.4) is 0 Å². The first-order valence-corrected chi connectivity index (χ1v) is 33.9. The van der Waals surface area contributed by atoms with Gasteiger partial charge in [-0.2, -0.15) is 46.7 Å².